The van der Waals surface area contributed by atoms with Crippen LogP contribution in [0.2, 0.25) is 0 Å². The van der Waals surface area contributed by atoms with Crippen molar-refractivity contribution in [3.05, 3.63) is 35.4 Å². The molecule has 1 unspecified atom stereocenters. The quantitative estimate of drug-likeness (QED) is 0.721. The molecule has 0 radical (unpaired) electrons. The fraction of sp³-hybridized carbons (Fsp3) is 0.619. The zero-order chi connectivity index (χ0) is 20.2. The van der Waals surface area contributed by atoms with Crippen molar-refractivity contribution in [3.8, 4) is 0 Å². The summed E-state index contributed by atoms with van der Waals surface area (Å²) in [5, 5.41) is 2.96. The van der Waals surface area contributed by atoms with Crippen LogP contribution in [0.3, 0.4) is 0 Å². The third-order valence-corrected chi connectivity index (χ3v) is 5.16. The summed E-state index contributed by atoms with van der Waals surface area (Å²) >= 11 is 0. The summed E-state index contributed by atoms with van der Waals surface area (Å²) in [4.78, 5) is 25.0. The number of benzene rings is 1. The molecule has 6 heteroatoms. The maximum atomic E-state index is 13.4. The van der Waals surface area contributed by atoms with Gasteiger partial charge in [-0.3, -0.25) is 9.59 Å². The van der Waals surface area contributed by atoms with Gasteiger partial charge in [-0.15, -0.1) is 0 Å². The third kappa shape index (κ3) is 6.60. The Labute approximate surface area is 159 Å². The van der Waals surface area contributed by atoms with Crippen LogP contribution in [0.4, 0.5) is 8.78 Å². The van der Waals surface area contributed by atoms with Gasteiger partial charge in [-0.1, -0.05) is 19.3 Å². The Balaban J connectivity index is 2.15. The second-order valence-corrected chi connectivity index (χ2v) is 8.70. The molecule has 2 atom stereocenters. The lowest BCUT2D eigenvalue weighted by atomic mass is 9.73. The van der Waals surface area contributed by atoms with E-state index in [-0.39, 0.29) is 18.7 Å². The molecule has 0 saturated heterocycles. The highest BCUT2D eigenvalue weighted by Crippen LogP contribution is 2.36. The number of nitrogens with two attached hydrogens (primary N) is 1. The minimum atomic E-state index is -0.667. The average Bonchev–Trinajstić information content (AvgIpc) is 2.45. The molecular weight excluding hydrogens is 350 g/mol. The van der Waals surface area contributed by atoms with Crippen molar-refractivity contribution in [2.24, 2.45) is 23.5 Å². The number of aryl methyl sites for hydroxylation is 1. The summed E-state index contributed by atoms with van der Waals surface area (Å²) in [6, 6.07) is 3.31. The van der Waals surface area contributed by atoms with Gasteiger partial charge in [0.1, 0.15) is 11.6 Å². The average molecular weight is 380 g/mol. The van der Waals surface area contributed by atoms with Crippen LogP contribution in [0.25, 0.3) is 0 Å². The molecule has 0 bridgehead atoms. The summed E-state index contributed by atoms with van der Waals surface area (Å²) in [5.74, 6) is -2.79. The summed E-state index contributed by atoms with van der Waals surface area (Å²) in [5.41, 5.74) is 5.67. The molecule has 2 amide bonds. The maximum absolute atomic E-state index is 13.4. The van der Waals surface area contributed by atoms with Crippen LogP contribution in [0.5, 0.6) is 0 Å². The zero-order valence-corrected chi connectivity index (χ0v) is 16.4. The molecular formula is C21H30F2N2O2. The minimum absolute atomic E-state index is 0.177. The van der Waals surface area contributed by atoms with E-state index in [1.807, 2.05) is 20.8 Å². The van der Waals surface area contributed by atoms with Crippen molar-refractivity contribution in [2.45, 2.75) is 64.8 Å². The molecule has 2 rings (SSSR count). The Hall–Kier alpha value is -1.98. The van der Waals surface area contributed by atoms with Gasteiger partial charge in [-0.2, -0.15) is 0 Å². The molecule has 1 aromatic rings. The molecule has 4 nitrogen and oxygen atoms in total. The zero-order valence-electron chi connectivity index (χ0n) is 16.4. The van der Waals surface area contributed by atoms with Gasteiger partial charge < -0.3 is 11.1 Å². The van der Waals surface area contributed by atoms with E-state index in [0.717, 1.165) is 25.3 Å². The second kappa shape index (κ2) is 8.81. The SMILES string of the molecule is CC(C)(C)NC(=O)C(CC1CCC1)[C@H](CCc1cc(F)cc(F)c1)C(N)=O. The fourth-order valence-corrected chi connectivity index (χ4v) is 3.62. The van der Waals surface area contributed by atoms with Gasteiger partial charge in [0.2, 0.25) is 11.8 Å². The highest BCUT2D eigenvalue weighted by molar-refractivity contribution is 5.87. The highest BCUT2D eigenvalue weighted by Gasteiger charge is 2.36. The van der Waals surface area contributed by atoms with E-state index in [9.17, 15) is 18.4 Å². The van der Waals surface area contributed by atoms with Crippen molar-refractivity contribution < 1.29 is 18.4 Å². The number of primary amides is 1. The number of carbonyl (C=O) groups excluding carboxylic acids is 2. The van der Waals surface area contributed by atoms with Gasteiger partial charge in [0.05, 0.1) is 0 Å². The van der Waals surface area contributed by atoms with Crippen LogP contribution in [0, 0.1) is 29.4 Å². The number of rotatable bonds is 8. The van der Waals surface area contributed by atoms with Crippen molar-refractivity contribution in [3.63, 3.8) is 0 Å². The van der Waals surface area contributed by atoms with Gasteiger partial charge in [-0.05, 0) is 63.6 Å². The normalized spacial score (nSPS) is 17.1. The molecule has 0 aromatic heterocycles. The molecule has 1 fully saturated rings. The largest absolute Gasteiger partial charge is 0.369 e. The van der Waals surface area contributed by atoms with Crippen LogP contribution in [0.1, 0.15) is 58.4 Å². The van der Waals surface area contributed by atoms with Crippen molar-refractivity contribution in [1.82, 2.24) is 5.32 Å². The molecule has 1 saturated carbocycles. The monoisotopic (exact) mass is 380 g/mol. The number of hydrogen-bond acceptors (Lipinski definition) is 2. The van der Waals surface area contributed by atoms with Crippen molar-refractivity contribution in [1.29, 1.82) is 0 Å². The number of amides is 2. The third-order valence-electron chi connectivity index (χ3n) is 5.16. The van der Waals surface area contributed by atoms with Gasteiger partial charge in [0.25, 0.3) is 0 Å². The molecule has 27 heavy (non-hydrogen) atoms. The van der Waals surface area contributed by atoms with E-state index in [1.165, 1.54) is 12.1 Å². The molecule has 0 spiro atoms. The molecule has 150 valence electrons. The van der Waals surface area contributed by atoms with E-state index in [0.29, 0.717) is 17.9 Å². The first-order valence-corrected chi connectivity index (χ1v) is 9.61. The first-order valence-electron chi connectivity index (χ1n) is 9.61. The van der Waals surface area contributed by atoms with E-state index in [4.69, 9.17) is 5.73 Å². The molecule has 1 aliphatic rings. The van der Waals surface area contributed by atoms with E-state index in [1.54, 1.807) is 0 Å². The van der Waals surface area contributed by atoms with Crippen molar-refractivity contribution >= 4 is 11.8 Å². The Bertz CT molecular complexity index is 661. The minimum Gasteiger partial charge on any atom is -0.369 e. The smallest absolute Gasteiger partial charge is 0.224 e. The second-order valence-electron chi connectivity index (χ2n) is 8.70. The predicted octanol–water partition coefficient (Wildman–Crippen LogP) is 3.72. The van der Waals surface area contributed by atoms with E-state index >= 15 is 0 Å². The maximum Gasteiger partial charge on any atom is 0.224 e. The molecule has 3 N–H and O–H groups in total. The number of carbonyl (C=O) groups is 2. The predicted molar refractivity (Wildman–Crippen MR) is 101 cm³/mol. The Morgan fingerprint density at radius 3 is 2.19 bits per heavy atom. The van der Waals surface area contributed by atoms with Crippen LogP contribution in [0.15, 0.2) is 18.2 Å². The summed E-state index contributed by atoms with van der Waals surface area (Å²) in [6.45, 7) is 5.67. The Kier molecular flexibility index (Phi) is 6.95. The van der Waals surface area contributed by atoms with Gasteiger partial charge in [0, 0.05) is 23.4 Å². The lowest BCUT2D eigenvalue weighted by molar-refractivity contribution is -0.135. The number of halogens is 2. The van der Waals surface area contributed by atoms with Crippen LogP contribution in [-0.4, -0.2) is 17.4 Å². The van der Waals surface area contributed by atoms with Gasteiger partial charge in [-0.25, -0.2) is 8.78 Å². The van der Waals surface area contributed by atoms with Crippen LogP contribution < -0.4 is 11.1 Å². The first-order chi connectivity index (χ1) is 12.5. The standard InChI is InChI=1S/C21H30F2N2O2/c1-21(2,3)25-20(27)18(11-13-5-4-6-13)17(19(24)26)8-7-14-9-15(22)12-16(23)10-14/h9-10,12-13,17-18H,4-8,11H2,1-3H3,(H2,24,26)(H,25,27)/t17-,18?/m0/s1. The lowest BCUT2D eigenvalue weighted by Gasteiger charge is -2.34. The summed E-state index contributed by atoms with van der Waals surface area (Å²) in [6.07, 6.45) is 4.44. The van der Waals surface area contributed by atoms with Crippen LogP contribution in [-0.2, 0) is 16.0 Å². The van der Waals surface area contributed by atoms with E-state index < -0.39 is 34.9 Å². The molecule has 1 aromatic carbocycles. The number of nitrogens with one attached hydrogen (secondary N) is 1. The molecule has 1 aliphatic carbocycles. The molecule has 0 heterocycles. The Morgan fingerprint density at radius 2 is 1.74 bits per heavy atom. The number of hydrogen-bond donors (Lipinski definition) is 2. The highest BCUT2D eigenvalue weighted by atomic mass is 19.1. The molecule has 0 aliphatic heterocycles. The topological polar surface area (TPSA) is 72.2 Å². The van der Waals surface area contributed by atoms with Crippen molar-refractivity contribution in [2.75, 3.05) is 0 Å². The van der Waals surface area contributed by atoms with E-state index in [2.05, 4.69) is 5.32 Å². The Morgan fingerprint density at radius 1 is 1.15 bits per heavy atom. The summed E-state index contributed by atoms with van der Waals surface area (Å²) < 4.78 is 26.8. The van der Waals surface area contributed by atoms with Gasteiger partial charge in [0.15, 0.2) is 0 Å². The summed E-state index contributed by atoms with van der Waals surface area (Å²) in [7, 11) is 0. The van der Waals surface area contributed by atoms with Crippen LogP contribution >= 0.6 is 0 Å². The van der Waals surface area contributed by atoms with Gasteiger partial charge >= 0.3 is 0 Å². The fourth-order valence-electron chi connectivity index (χ4n) is 3.62. The first kappa shape index (κ1) is 21.3. The lowest BCUT2D eigenvalue weighted by Crippen LogP contribution is -2.48.